The normalized spacial score (nSPS) is 12.7. The van der Waals surface area contributed by atoms with Gasteiger partial charge in [-0.05, 0) is 36.4 Å². The van der Waals surface area contributed by atoms with E-state index in [-0.39, 0.29) is 11.1 Å². The summed E-state index contributed by atoms with van der Waals surface area (Å²) in [4.78, 5) is 0.903. The summed E-state index contributed by atoms with van der Waals surface area (Å²) in [6, 6.07) is 5.42. The Morgan fingerprint density at radius 3 is 2.47 bits per heavy atom. The van der Waals surface area contributed by atoms with Crippen LogP contribution in [-0.2, 0) is 0 Å². The van der Waals surface area contributed by atoms with Gasteiger partial charge in [0.2, 0.25) is 0 Å². The highest BCUT2D eigenvalue weighted by molar-refractivity contribution is 7.16. The molecule has 1 aromatic carbocycles. The zero-order valence-corrected chi connectivity index (χ0v) is 12.3. The Bertz CT molecular complexity index is 586. The summed E-state index contributed by atoms with van der Waals surface area (Å²) in [7, 11) is 0. The maximum absolute atomic E-state index is 13.4. The SMILES string of the molecule is CCNC(c1ccc(Cl)s1)c1cc(F)c(F)cc1Cl. The molecule has 1 atom stereocenters. The zero-order valence-electron chi connectivity index (χ0n) is 10.0. The van der Waals surface area contributed by atoms with Crippen molar-refractivity contribution in [2.24, 2.45) is 0 Å². The van der Waals surface area contributed by atoms with Gasteiger partial charge in [0.15, 0.2) is 11.6 Å². The van der Waals surface area contributed by atoms with E-state index < -0.39 is 11.6 Å². The van der Waals surface area contributed by atoms with Gasteiger partial charge in [-0.25, -0.2) is 8.78 Å². The Kier molecular flexibility index (Phi) is 4.79. The average Bonchev–Trinajstić information content (AvgIpc) is 2.78. The Morgan fingerprint density at radius 2 is 1.89 bits per heavy atom. The largest absolute Gasteiger partial charge is 0.306 e. The lowest BCUT2D eigenvalue weighted by Gasteiger charge is -2.18. The lowest BCUT2D eigenvalue weighted by atomic mass is 10.0. The summed E-state index contributed by atoms with van der Waals surface area (Å²) in [5.74, 6) is -1.86. The van der Waals surface area contributed by atoms with Gasteiger partial charge in [-0.15, -0.1) is 11.3 Å². The minimum atomic E-state index is -0.951. The lowest BCUT2D eigenvalue weighted by Crippen LogP contribution is -2.21. The quantitative estimate of drug-likeness (QED) is 0.778. The zero-order chi connectivity index (χ0) is 14.0. The fourth-order valence-electron chi connectivity index (χ4n) is 1.81. The van der Waals surface area contributed by atoms with Crippen LogP contribution in [0.5, 0.6) is 0 Å². The molecule has 0 saturated carbocycles. The average molecular weight is 322 g/mol. The Labute approximate surface area is 124 Å². The van der Waals surface area contributed by atoms with Crippen molar-refractivity contribution < 1.29 is 8.78 Å². The highest BCUT2D eigenvalue weighted by atomic mass is 35.5. The maximum atomic E-state index is 13.4. The Hall–Kier alpha value is -0.680. The van der Waals surface area contributed by atoms with Crippen LogP contribution in [0.4, 0.5) is 8.78 Å². The van der Waals surface area contributed by atoms with E-state index in [1.54, 1.807) is 6.07 Å². The Balaban J connectivity index is 2.47. The van der Waals surface area contributed by atoms with Gasteiger partial charge >= 0.3 is 0 Å². The van der Waals surface area contributed by atoms with Crippen molar-refractivity contribution in [3.05, 3.63) is 55.7 Å². The predicted octanol–water partition coefficient (Wildman–Crippen LogP) is 5.03. The third kappa shape index (κ3) is 3.26. The van der Waals surface area contributed by atoms with E-state index in [1.165, 1.54) is 11.3 Å². The number of halogens is 4. The summed E-state index contributed by atoms with van der Waals surface area (Å²) in [5.41, 5.74) is 0.501. The van der Waals surface area contributed by atoms with Crippen molar-refractivity contribution in [1.29, 1.82) is 0 Å². The molecule has 2 aromatic rings. The van der Waals surface area contributed by atoms with Crippen LogP contribution >= 0.6 is 34.5 Å². The molecule has 0 radical (unpaired) electrons. The van der Waals surface area contributed by atoms with E-state index in [0.29, 0.717) is 16.4 Å². The Morgan fingerprint density at radius 1 is 1.21 bits per heavy atom. The fraction of sp³-hybridized carbons (Fsp3) is 0.231. The molecule has 0 aliphatic carbocycles. The van der Waals surface area contributed by atoms with E-state index in [4.69, 9.17) is 23.2 Å². The first-order valence-electron chi connectivity index (χ1n) is 5.66. The number of hydrogen-bond donors (Lipinski definition) is 1. The van der Waals surface area contributed by atoms with Gasteiger partial charge in [-0.3, -0.25) is 0 Å². The van der Waals surface area contributed by atoms with Crippen LogP contribution in [0, 0.1) is 11.6 Å². The van der Waals surface area contributed by atoms with Gasteiger partial charge in [0.1, 0.15) is 0 Å². The third-order valence-electron chi connectivity index (χ3n) is 2.64. The van der Waals surface area contributed by atoms with Gasteiger partial charge in [0.25, 0.3) is 0 Å². The summed E-state index contributed by atoms with van der Waals surface area (Å²) in [6.45, 7) is 2.59. The first kappa shape index (κ1) is 14.7. The van der Waals surface area contributed by atoms with Gasteiger partial charge in [0, 0.05) is 9.90 Å². The van der Waals surface area contributed by atoms with Gasteiger partial charge in [-0.2, -0.15) is 0 Å². The van der Waals surface area contributed by atoms with Crippen LogP contribution in [0.3, 0.4) is 0 Å². The molecule has 0 amide bonds. The van der Waals surface area contributed by atoms with E-state index in [0.717, 1.165) is 17.0 Å². The molecule has 1 heterocycles. The van der Waals surface area contributed by atoms with Crippen molar-refractivity contribution in [2.75, 3.05) is 6.54 Å². The summed E-state index contributed by atoms with van der Waals surface area (Å²) >= 11 is 13.3. The molecule has 0 aliphatic rings. The topological polar surface area (TPSA) is 12.0 Å². The number of benzene rings is 1. The molecule has 6 heteroatoms. The number of nitrogens with one attached hydrogen (secondary N) is 1. The summed E-state index contributed by atoms with van der Waals surface area (Å²) in [6.07, 6.45) is 0. The standard InChI is InChI=1S/C13H11Cl2F2NS/c1-2-18-13(11-3-4-12(15)19-11)7-5-9(16)10(17)6-8(7)14/h3-6,13,18H,2H2,1H3. The number of rotatable bonds is 4. The third-order valence-corrected chi connectivity index (χ3v) is 4.26. The molecule has 1 aromatic heterocycles. The first-order chi connectivity index (χ1) is 9.02. The second kappa shape index (κ2) is 6.18. The predicted molar refractivity (Wildman–Crippen MR) is 76.2 cm³/mol. The molecule has 0 aliphatic heterocycles. The van der Waals surface area contributed by atoms with E-state index >= 15 is 0 Å². The molecular formula is C13H11Cl2F2NS. The van der Waals surface area contributed by atoms with Crippen LogP contribution in [0.1, 0.15) is 23.4 Å². The molecule has 0 saturated heterocycles. The van der Waals surface area contributed by atoms with Gasteiger partial charge < -0.3 is 5.32 Å². The molecular weight excluding hydrogens is 311 g/mol. The van der Waals surface area contributed by atoms with Crippen molar-refractivity contribution in [1.82, 2.24) is 5.32 Å². The highest BCUT2D eigenvalue weighted by Gasteiger charge is 2.20. The molecule has 0 spiro atoms. The van der Waals surface area contributed by atoms with Crippen molar-refractivity contribution in [3.8, 4) is 0 Å². The molecule has 19 heavy (non-hydrogen) atoms. The highest BCUT2D eigenvalue weighted by Crippen LogP contribution is 2.35. The van der Waals surface area contributed by atoms with Crippen molar-refractivity contribution >= 4 is 34.5 Å². The van der Waals surface area contributed by atoms with Crippen LogP contribution in [0.15, 0.2) is 24.3 Å². The smallest absolute Gasteiger partial charge is 0.160 e. The van der Waals surface area contributed by atoms with Crippen LogP contribution in [0.2, 0.25) is 9.36 Å². The molecule has 0 bridgehead atoms. The van der Waals surface area contributed by atoms with E-state index in [1.807, 2.05) is 13.0 Å². The second-order valence-electron chi connectivity index (χ2n) is 3.92. The lowest BCUT2D eigenvalue weighted by molar-refractivity contribution is 0.504. The number of thiophene rings is 1. The molecule has 2 rings (SSSR count). The number of hydrogen-bond acceptors (Lipinski definition) is 2. The van der Waals surface area contributed by atoms with Crippen LogP contribution < -0.4 is 5.32 Å². The molecule has 0 fully saturated rings. The van der Waals surface area contributed by atoms with Crippen molar-refractivity contribution in [3.63, 3.8) is 0 Å². The van der Waals surface area contributed by atoms with Gasteiger partial charge in [0.05, 0.1) is 10.4 Å². The first-order valence-corrected chi connectivity index (χ1v) is 7.23. The van der Waals surface area contributed by atoms with E-state index in [2.05, 4.69) is 5.32 Å². The molecule has 1 nitrogen and oxygen atoms in total. The van der Waals surface area contributed by atoms with E-state index in [9.17, 15) is 8.78 Å². The minimum Gasteiger partial charge on any atom is -0.306 e. The van der Waals surface area contributed by atoms with Crippen molar-refractivity contribution in [2.45, 2.75) is 13.0 Å². The van der Waals surface area contributed by atoms with Crippen LogP contribution in [0.25, 0.3) is 0 Å². The molecule has 102 valence electrons. The monoisotopic (exact) mass is 321 g/mol. The minimum absolute atomic E-state index is 0.189. The summed E-state index contributed by atoms with van der Waals surface area (Å²) < 4.78 is 27.1. The molecule has 1 N–H and O–H groups in total. The van der Waals surface area contributed by atoms with Crippen LogP contribution in [-0.4, -0.2) is 6.54 Å². The maximum Gasteiger partial charge on any atom is 0.160 e. The summed E-state index contributed by atoms with van der Waals surface area (Å²) in [5, 5.41) is 3.38. The van der Waals surface area contributed by atoms with Gasteiger partial charge in [-0.1, -0.05) is 30.1 Å². The second-order valence-corrected chi connectivity index (χ2v) is 6.07. The molecule has 1 unspecified atom stereocenters. The fourth-order valence-corrected chi connectivity index (χ4v) is 3.23.